The van der Waals surface area contributed by atoms with Gasteiger partial charge < -0.3 is 20.1 Å². The summed E-state index contributed by atoms with van der Waals surface area (Å²) in [5.41, 5.74) is 0.764. The number of hydrogen-bond donors (Lipinski definition) is 2. The lowest BCUT2D eigenvalue weighted by molar-refractivity contribution is -0.120. The van der Waals surface area contributed by atoms with Gasteiger partial charge >= 0.3 is 0 Å². The molecule has 6 heteroatoms. The second-order valence-corrected chi connectivity index (χ2v) is 4.53. The second-order valence-electron chi connectivity index (χ2n) is 4.13. The van der Waals surface area contributed by atoms with E-state index in [0.29, 0.717) is 17.4 Å². The zero-order valence-electron chi connectivity index (χ0n) is 11.3. The van der Waals surface area contributed by atoms with E-state index in [4.69, 9.17) is 21.1 Å². The Morgan fingerprint density at radius 2 is 2.16 bits per heavy atom. The van der Waals surface area contributed by atoms with Crippen molar-refractivity contribution < 1.29 is 14.3 Å². The smallest absolute Gasteiger partial charge is 0.239 e. The standard InChI is InChI=1S/C13H19ClN2O3/c1-9(8-18-2)16-13(17)7-15-10-4-5-12(19-3)11(14)6-10/h4-6,9,15H,7-8H2,1-3H3,(H,16,17). The summed E-state index contributed by atoms with van der Waals surface area (Å²) >= 11 is 5.99. The zero-order chi connectivity index (χ0) is 14.3. The molecule has 0 fully saturated rings. The summed E-state index contributed by atoms with van der Waals surface area (Å²) < 4.78 is 9.99. The van der Waals surface area contributed by atoms with Crippen molar-refractivity contribution in [1.82, 2.24) is 5.32 Å². The van der Waals surface area contributed by atoms with Gasteiger partial charge in [0.05, 0.1) is 25.3 Å². The highest BCUT2D eigenvalue weighted by molar-refractivity contribution is 6.32. The molecule has 0 aliphatic rings. The van der Waals surface area contributed by atoms with Crippen LogP contribution < -0.4 is 15.4 Å². The maximum absolute atomic E-state index is 11.6. The van der Waals surface area contributed by atoms with Gasteiger partial charge in [-0.15, -0.1) is 0 Å². The fraction of sp³-hybridized carbons (Fsp3) is 0.462. The van der Waals surface area contributed by atoms with Crippen molar-refractivity contribution in [1.29, 1.82) is 0 Å². The van der Waals surface area contributed by atoms with E-state index in [1.807, 2.05) is 6.92 Å². The monoisotopic (exact) mass is 286 g/mol. The molecule has 0 heterocycles. The highest BCUT2D eigenvalue weighted by Crippen LogP contribution is 2.26. The molecule has 1 atom stereocenters. The third-order valence-corrected chi connectivity index (χ3v) is 2.72. The molecule has 1 unspecified atom stereocenters. The predicted octanol–water partition coefficient (Wildman–Crippen LogP) is 1.91. The Kier molecular flexibility index (Phi) is 6.45. The summed E-state index contributed by atoms with van der Waals surface area (Å²) in [6.07, 6.45) is 0. The summed E-state index contributed by atoms with van der Waals surface area (Å²) in [7, 11) is 3.15. The highest BCUT2D eigenvalue weighted by Gasteiger charge is 2.07. The van der Waals surface area contributed by atoms with Crippen molar-refractivity contribution in [3.8, 4) is 5.75 Å². The van der Waals surface area contributed by atoms with E-state index in [-0.39, 0.29) is 18.5 Å². The molecule has 0 aromatic heterocycles. The van der Waals surface area contributed by atoms with Gasteiger partial charge in [-0.2, -0.15) is 0 Å². The minimum atomic E-state index is -0.100. The van der Waals surface area contributed by atoms with E-state index in [0.717, 1.165) is 5.69 Å². The van der Waals surface area contributed by atoms with Crippen LogP contribution in [0.25, 0.3) is 0 Å². The number of carbonyl (C=O) groups is 1. The molecule has 1 aromatic carbocycles. The van der Waals surface area contributed by atoms with Gasteiger partial charge in [-0.3, -0.25) is 4.79 Å². The average Bonchev–Trinajstić information content (AvgIpc) is 2.36. The molecule has 0 aliphatic heterocycles. The van der Waals surface area contributed by atoms with Crippen LogP contribution >= 0.6 is 11.6 Å². The molecule has 0 saturated heterocycles. The predicted molar refractivity (Wildman–Crippen MR) is 76.0 cm³/mol. The van der Waals surface area contributed by atoms with Crippen LogP contribution in [-0.2, 0) is 9.53 Å². The van der Waals surface area contributed by atoms with Gasteiger partial charge in [0.1, 0.15) is 5.75 Å². The number of hydrogen-bond acceptors (Lipinski definition) is 4. The Hall–Kier alpha value is -1.46. The lowest BCUT2D eigenvalue weighted by Gasteiger charge is -2.13. The third kappa shape index (κ3) is 5.36. The summed E-state index contributed by atoms with van der Waals surface area (Å²) in [6, 6.07) is 5.25. The van der Waals surface area contributed by atoms with Crippen molar-refractivity contribution in [2.45, 2.75) is 13.0 Å². The van der Waals surface area contributed by atoms with Crippen LogP contribution in [-0.4, -0.2) is 39.3 Å². The molecule has 5 nitrogen and oxygen atoms in total. The number of anilines is 1. The molecule has 1 amide bonds. The van der Waals surface area contributed by atoms with Crippen LogP contribution in [0.2, 0.25) is 5.02 Å². The van der Waals surface area contributed by atoms with Crippen LogP contribution in [0.3, 0.4) is 0 Å². The molecule has 0 aliphatic carbocycles. The Labute approximate surface area is 118 Å². The number of rotatable bonds is 7. The summed E-state index contributed by atoms with van der Waals surface area (Å²) in [6.45, 7) is 2.54. The molecule has 2 N–H and O–H groups in total. The van der Waals surface area contributed by atoms with Gasteiger partial charge in [0.25, 0.3) is 0 Å². The maximum atomic E-state index is 11.6. The first kappa shape index (κ1) is 15.6. The minimum Gasteiger partial charge on any atom is -0.495 e. The van der Waals surface area contributed by atoms with Gasteiger partial charge in [-0.1, -0.05) is 11.6 Å². The summed E-state index contributed by atoms with van der Waals surface area (Å²) in [4.78, 5) is 11.6. The Morgan fingerprint density at radius 3 is 2.74 bits per heavy atom. The fourth-order valence-corrected chi connectivity index (χ4v) is 1.83. The first-order chi connectivity index (χ1) is 9.06. The van der Waals surface area contributed by atoms with Crippen molar-refractivity contribution >= 4 is 23.2 Å². The molecular weight excluding hydrogens is 268 g/mol. The largest absolute Gasteiger partial charge is 0.495 e. The van der Waals surface area contributed by atoms with Gasteiger partial charge in [0, 0.05) is 18.8 Å². The molecule has 1 aromatic rings. The van der Waals surface area contributed by atoms with Gasteiger partial charge in [-0.25, -0.2) is 0 Å². The van der Waals surface area contributed by atoms with Crippen molar-refractivity contribution in [3.05, 3.63) is 23.2 Å². The molecule has 106 valence electrons. The molecule has 0 bridgehead atoms. The normalized spacial score (nSPS) is 11.8. The minimum absolute atomic E-state index is 0.0150. The summed E-state index contributed by atoms with van der Waals surface area (Å²) in [5.74, 6) is 0.502. The van der Waals surface area contributed by atoms with Crippen LogP contribution in [0.15, 0.2) is 18.2 Å². The SMILES string of the molecule is COCC(C)NC(=O)CNc1ccc(OC)c(Cl)c1. The van der Waals surface area contributed by atoms with Crippen molar-refractivity contribution in [2.24, 2.45) is 0 Å². The number of methoxy groups -OCH3 is 2. The molecule has 19 heavy (non-hydrogen) atoms. The van der Waals surface area contributed by atoms with E-state index in [1.165, 1.54) is 0 Å². The Balaban J connectivity index is 2.44. The fourth-order valence-electron chi connectivity index (χ4n) is 1.58. The van der Waals surface area contributed by atoms with E-state index in [1.54, 1.807) is 32.4 Å². The number of halogens is 1. The molecule has 0 radical (unpaired) electrons. The van der Waals surface area contributed by atoms with E-state index < -0.39 is 0 Å². The van der Waals surface area contributed by atoms with Gasteiger partial charge in [-0.05, 0) is 25.1 Å². The highest BCUT2D eigenvalue weighted by atomic mass is 35.5. The van der Waals surface area contributed by atoms with Gasteiger partial charge in [0.15, 0.2) is 0 Å². The van der Waals surface area contributed by atoms with Crippen LogP contribution in [0.4, 0.5) is 5.69 Å². The average molecular weight is 287 g/mol. The van der Waals surface area contributed by atoms with Crippen LogP contribution in [0, 0.1) is 0 Å². The number of nitrogens with one attached hydrogen (secondary N) is 2. The van der Waals surface area contributed by atoms with E-state index >= 15 is 0 Å². The number of benzene rings is 1. The van der Waals surface area contributed by atoms with Crippen molar-refractivity contribution in [2.75, 3.05) is 32.7 Å². The molecule has 0 spiro atoms. The second kappa shape index (κ2) is 7.86. The topological polar surface area (TPSA) is 59.6 Å². The lowest BCUT2D eigenvalue weighted by atomic mass is 10.3. The Bertz CT molecular complexity index is 426. The van der Waals surface area contributed by atoms with Crippen LogP contribution in [0.5, 0.6) is 5.75 Å². The first-order valence-corrected chi connectivity index (χ1v) is 6.30. The number of amides is 1. The quantitative estimate of drug-likeness (QED) is 0.804. The van der Waals surface area contributed by atoms with Crippen molar-refractivity contribution in [3.63, 3.8) is 0 Å². The lowest BCUT2D eigenvalue weighted by Crippen LogP contribution is -2.39. The third-order valence-electron chi connectivity index (χ3n) is 2.43. The number of carbonyl (C=O) groups excluding carboxylic acids is 1. The molecular formula is C13H19ClN2O3. The summed E-state index contributed by atoms with van der Waals surface area (Å²) in [5, 5.41) is 6.30. The maximum Gasteiger partial charge on any atom is 0.239 e. The number of ether oxygens (including phenoxy) is 2. The van der Waals surface area contributed by atoms with Gasteiger partial charge in [0.2, 0.25) is 5.91 Å². The first-order valence-electron chi connectivity index (χ1n) is 5.92. The Morgan fingerprint density at radius 1 is 1.42 bits per heavy atom. The van der Waals surface area contributed by atoms with Crippen LogP contribution in [0.1, 0.15) is 6.92 Å². The van der Waals surface area contributed by atoms with E-state index in [9.17, 15) is 4.79 Å². The molecule has 0 saturated carbocycles. The zero-order valence-corrected chi connectivity index (χ0v) is 12.1. The molecule has 1 rings (SSSR count). The van der Waals surface area contributed by atoms with E-state index in [2.05, 4.69) is 10.6 Å².